The Kier molecular flexibility index (Phi) is 5.25. The van der Waals surface area contributed by atoms with Crippen LogP contribution in [-0.4, -0.2) is 84.9 Å². The van der Waals surface area contributed by atoms with Gasteiger partial charge in [-0.25, -0.2) is 9.78 Å². The second kappa shape index (κ2) is 7.29. The number of nitrogens with zero attached hydrogens (tertiary/aromatic N) is 4. The van der Waals surface area contributed by atoms with Gasteiger partial charge >= 0.3 is 5.97 Å². The van der Waals surface area contributed by atoms with Gasteiger partial charge < -0.3 is 15.7 Å². The number of carboxylic acids is 1. The fourth-order valence-corrected chi connectivity index (χ4v) is 4.81. The van der Waals surface area contributed by atoms with Crippen LogP contribution in [0.4, 0.5) is 0 Å². The Morgan fingerprint density at radius 3 is 2.88 bits per heavy atom. The number of thioether (sulfide) groups is 2. The van der Waals surface area contributed by atoms with Gasteiger partial charge in [0.1, 0.15) is 22.9 Å². The molecule has 0 aliphatic carbocycles. The smallest absolute Gasteiger partial charge is 0.352 e. The van der Waals surface area contributed by atoms with Crippen molar-refractivity contribution in [1.82, 2.24) is 25.0 Å². The average Bonchev–Trinajstić information content (AvgIpc) is 3.05. The number of H-pyrrole nitrogens is 1. The minimum atomic E-state index is -1.14. The highest BCUT2D eigenvalue weighted by atomic mass is 32.2. The second-order valence-electron chi connectivity index (χ2n) is 6.01. The van der Waals surface area contributed by atoms with Crippen molar-refractivity contribution in [2.45, 2.75) is 23.0 Å². The van der Waals surface area contributed by atoms with Gasteiger partial charge in [0, 0.05) is 25.6 Å². The van der Waals surface area contributed by atoms with Gasteiger partial charge in [-0.05, 0) is 5.57 Å². The summed E-state index contributed by atoms with van der Waals surface area (Å²) < 4.78 is 0. The molecule has 1 saturated heterocycles. The van der Waals surface area contributed by atoms with Crippen LogP contribution in [0.5, 0.6) is 0 Å². The Labute approximate surface area is 157 Å². The van der Waals surface area contributed by atoms with E-state index in [-0.39, 0.29) is 29.3 Å². The summed E-state index contributed by atoms with van der Waals surface area (Å²) in [5.41, 5.74) is 6.36. The number of aromatic amines is 1. The Hall–Kier alpha value is -2.05. The average molecular weight is 398 g/mol. The Bertz CT molecular complexity index is 792. The zero-order chi connectivity index (χ0) is 19.0. The molecule has 2 atom stereocenters. The van der Waals surface area contributed by atoms with Gasteiger partial charge in [0.15, 0.2) is 0 Å². The second-order valence-corrected chi connectivity index (χ2v) is 8.06. The number of carbonyl (C=O) groups excluding carboxylic acids is 2. The molecule has 3 heterocycles. The third kappa shape index (κ3) is 3.44. The van der Waals surface area contributed by atoms with E-state index in [1.807, 2.05) is 0 Å². The number of β-lactam (4-membered cyclic amide) rings is 1. The summed E-state index contributed by atoms with van der Waals surface area (Å²) in [6, 6.07) is -0.645. The van der Waals surface area contributed by atoms with Crippen LogP contribution >= 0.6 is 23.5 Å². The first-order chi connectivity index (χ1) is 12.3. The lowest BCUT2D eigenvalue weighted by Crippen LogP contribution is -2.68. The van der Waals surface area contributed by atoms with Crippen LogP contribution in [0.3, 0.4) is 0 Å². The zero-order valence-electron chi connectivity index (χ0n) is 14.1. The largest absolute Gasteiger partial charge is 0.477 e. The quantitative estimate of drug-likeness (QED) is 0.410. The molecule has 1 aromatic rings. The molecule has 140 valence electrons. The molecular weight excluding hydrogens is 380 g/mol. The summed E-state index contributed by atoms with van der Waals surface area (Å²) in [4.78, 5) is 42.2. The van der Waals surface area contributed by atoms with Gasteiger partial charge in [0.05, 0.1) is 6.42 Å². The van der Waals surface area contributed by atoms with Gasteiger partial charge in [-0.1, -0.05) is 11.8 Å². The highest BCUT2D eigenvalue weighted by Gasteiger charge is 2.51. The van der Waals surface area contributed by atoms with Gasteiger partial charge in [-0.2, -0.15) is 0 Å². The van der Waals surface area contributed by atoms with E-state index in [0.29, 0.717) is 28.1 Å². The number of aromatic nitrogens is 3. The SMILES string of the molecule is CN(C)C(=O)Cc1nc(SCC2=C(C(=O)O)N3C(=O)C(N)[C@@H]3SC2)n[nH]1. The monoisotopic (exact) mass is 398 g/mol. The summed E-state index contributed by atoms with van der Waals surface area (Å²) in [6.45, 7) is 0. The molecule has 3 rings (SSSR count). The summed E-state index contributed by atoms with van der Waals surface area (Å²) in [6.07, 6.45) is 0.112. The summed E-state index contributed by atoms with van der Waals surface area (Å²) in [7, 11) is 3.32. The number of aliphatic carboxylic acids is 1. The third-order valence-electron chi connectivity index (χ3n) is 4.00. The van der Waals surface area contributed by atoms with E-state index in [0.717, 1.165) is 0 Å². The highest BCUT2D eigenvalue weighted by molar-refractivity contribution is 8.01. The van der Waals surface area contributed by atoms with E-state index >= 15 is 0 Å². The van der Waals surface area contributed by atoms with Crippen molar-refractivity contribution in [3.8, 4) is 0 Å². The number of rotatable bonds is 6. The Morgan fingerprint density at radius 2 is 2.23 bits per heavy atom. The minimum absolute atomic E-state index is 0.00601. The van der Waals surface area contributed by atoms with Crippen molar-refractivity contribution < 1.29 is 19.5 Å². The lowest BCUT2D eigenvalue weighted by atomic mass is 10.0. The molecule has 0 spiro atoms. The molecule has 10 nitrogen and oxygen atoms in total. The molecule has 0 radical (unpaired) electrons. The molecule has 1 unspecified atom stereocenters. The molecule has 0 saturated carbocycles. The molecule has 2 aliphatic heterocycles. The molecule has 2 aliphatic rings. The number of carbonyl (C=O) groups is 3. The number of nitrogens with two attached hydrogens (primary N) is 1. The van der Waals surface area contributed by atoms with Crippen LogP contribution in [-0.2, 0) is 20.8 Å². The molecule has 1 aromatic heterocycles. The van der Waals surface area contributed by atoms with E-state index in [4.69, 9.17) is 5.73 Å². The molecular formula is C14H18N6O4S2. The third-order valence-corrected chi connectivity index (χ3v) is 6.29. The normalized spacial score (nSPS) is 22.1. The molecule has 2 amide bonds. The molecule has 0 bridgehead atoms. The van der Waals surface area contributed by atoms with Gasteiger partial charge in [-0.3, -0.25) is 19.6 Å². The molecule has 4 N–H and O–H groups in total. The van der Waals surface area contributed by atoms with Crippen LogP contribution in [0.15, 0.2) is 16.4 Å². The van der Waals surface area contributed by atoms with Crippen LogP contribution in [0.25, 0.3) is 0 Å². The fraction of sp³-hybridized carbons (Fsp3) is 0.500. The number of carboxylic acid groups (broad SMARTS) is 1. The van der Waals surface area contributed by atoms with Crippen LogP contribution in [0, 0.1) is 0 Å². The van der Waals surface area contributed by atoms with Crippen LogP contribution in [0.2, 0.25) is 0 Å². The van der Waals surface area contributed by atoms with Crippen molar-refractivity contribution in [2.24, 2.45) is 5.73 Å². The predicted octanol–water partition coefficient (Wildman–Crippen LogP) is -0.891. The fourth-order valence-electron chi connectivity index (χ4n) is 2.57. The van der Waals surface area contributed by atoms with E-state index < -0.39 is 12.0 Å². The van der Waals surface area contributed by atoms with Crippen molar-refractivity contribution in [2.75, 3.05) is 25.6 Å². The van der Waals surface area contributed by atoms with Gasteiger partial charge in [0.2, 0.25) is 17.0 Å². The summed E-state index contributed by atoms with van der Waals surface area (Å²) >= 11 is 2.70. The van der Waals surface area contributed by atoms with E-state index in [1.54, 1.807) is 14.1 Å². The lowest BCUT2D eigenvalue weighted by molar-refractivity contribution is -0.147. The number of hydrogen-bond acceptors (Lipinski definition) is 8. The standard InChI is InChI=1S/C14H18N6O4S2/c1-19(2)8(21)3-7-16-14(18-17-7)26-5-6-4-25-12-9(15)11(22)20(12)10(6)13(23)24/h9,12H,3-5,15H2,1-2H3,(H,23,24)(H,16,17,18)/t9?,12-/m0/s1. The van der Waals surface area contributed by atoms with Gasteiger partial charge in [-0.15, -0.1) is 16.9 Å². The molecule has 1 fully saturated rings. The lowest BCUT2D eigenvalue weighted by Gasteiger charge is -2.48. The highest BCUT2D eigenvalue weighted by Crippen LogP contribution is 2.40. The number of likely N-dealkylation sites (N-methyl/N-ethyl adjacent to an activating group) is 1. The number of hydrogen-bond donors (Lipinski definition) is 3. The van der Waals surface area contributed by atoms with Crippen molar-refractivity contribution in [3.63, 3.8) is 0 Å². The Morgan fingerprint density at radius 1 is 1.50 bits per heavy atom. The van der Waals surface area contributed by atoms with Gasteiger partial charge in [0.25, 0.3) is 0 Å². The van der Waals surface area contributed by atoms with E-state index in [9.17, 15) is 19.5 Å². The summed E-state index contributed by atoms with van der Waals surface area (Å²) in [5.74, 6) is -0.355. The Balaban J connectivity index is 1.69. The van der Waals surface area contributed by atoms with Crippen LogP contribution in [0.1, 0.15) is 5.82 Å². The minimum Gasteiger partial charge on any atom is -0.477 e. The molecule has 26 heavy (non-hydrogen) atoms. The summed E-state index contributed by atoms with van der Waals surface area (Å²) in [5, 5.41) is 16.3. The first-order valence-corrected chi connectivity index (χ1v) is 9.72. The van der Waals surface area contributed by atoms with Crippen molar-refractivity contribution in [3.05, 3.63) is 17.1 Å². The molecule has 12 heteroatoms. The maximum absolute atomic E-state index is 11.9. The maximum atomic E-state index is 11.9. The van der Waals surface area contributed by atoms with Crippen LogP contribution < -0.4 is 5.73 Å². The predicted molar refractivity (Wildman–Crippen MR) is 95.2 cm³/mol. The zero-order valence-corrected chi connectivity index (χ0v) is 15.8. The van der Waals surface area contributed by atoms with Crippen molar-refractivity contribution >= 4 is 41.3 Å². The van der Waals surface area contributed by atoms with E-state index in [1.165, 1.54) is 33.3 Å². The maximum Gasteiger partial charge on any atom is 0.352 e. The number of nitrogens with one attached hydrogen (secondary N) is 1. The number of fused-ring (bicyclic) bond motifs is 1. The van der Waals surface area contributed by atoms with E-state index in [2.05, 4.69) is 15.2 Å². The number of amides is 2. The first-order valence-electron chi connectivity index (χ1n) is 7.69. The van der Waals surface area contributed by atoms with Crippen molar-refractivity contribution in [1.29, 1.82) is 0 Å². The molecule has 0 aromatic carbocycles. The topological polar surface area (TPSA) is 146 Å². The first kappa shape index (κ1) is 18.7.